The van der Waals surface area contributed by atoms with E-state index >= 15 is 0 Å². The molecule has 0 bridgehead atoms. The van der Waals surface area contributed by atoms with E-state index in [1.165, 1.54) is 11.1 Å². The van der Waals surface area contributed by atoms with Gasteiger partial charge in [-0.25, -0.2) is 4.99 Å². The summed E-state index contributed by atoms with van der Waals surface area (Å²) in [5.41, 5.74) is 2.40. The van der Waals surface area contributed by atoms with Crippen molar-refractivity contribution in [3.63, 3.8) is 0 Å². The predicted molar refractivity (Wildman–Crippen MR) is 116 cm³/mol. The summed E-state index contributed by atoms with van der Waals surface area (Å²) < 4.78 is 11.5. The van der Waals surface area contributed by atoms with Crippen LogP contribution in [-0.2, 0) is 22.6 Å². The lowest BCUT2D eigenvalue weighted by atomic mass is 10.1. The lowest BCUT2D eigenvalue weighted by Gasteiger charge is -2.34. The Kier molecular flexibility index (Phi) is 10.3. The summed E-state index contributed by atoms with van der Waals surface area (Å²) in [6.45, 7) is 16.1. The van der Waals surface area contributed by atoms with E-state index in [0.717, 1.165) is 51.9 Å². The molecule has 0 spiro atoms. The molecule has 1 saturated heterocycles. The monoisotopic (exact) mass is 390 g/mol. The number of hydrogen-bond donors (Lipinski definition) is 2. The van der Waals surface area contributed by atoms with E-state index in [9.17, 15) is 0 Å². The largest absolute Gasteiger partial charge is 0.377 e. The Labute approximate surface area is 170 Å². The molecule has 1 fully saturated rings. The fraction of sp³-hybridized carbons (Fsp3) is 0.682. The Morgan fingerprint density at radius 3 is 2.75 bits per heavy atom. The Morgan fingerprint density at radius 2 is 2.04 bits per heavy atom. The van der Waals surface area contributed by atoms with Gasteiger partial charge in [0.2, 0.25) is 0 Å². The summed E-state index contributed by atoms with van der Waals surface area (Å²) in [5.74, 6) is 1.51. The molecule has 1 aliphatic heterocycles. The Balaban J connectivity index is 1.90. The number of nitrogens with zero attached hydrogens (tertiary/aromatic N) is 2. The van der Waals surface area contributed by atoms with Crippen LogP contribution >= 0.6 is 0 Å². The van der Waals surface area contributed by atoms with Crippen molar-refractivity contribution >= 4 is 5.96 Å². The highest BCUT2D eigenvalue weighted by Crippen LogP contribution is 2.12. The maximum Gasteiger partial charge on any atom is 0.191 e. The molecule has 2 N–H and O–H groups in total. The van der Waals surface area contributed by atoms with Crippen LogP contribution in [0, 0.1) is 5.92 Å². The molecule has 28 heavy (non-hydrogen) atoms. The summed E-state index contributed by atoms with van der Waals surface area (Å²) >= 11 is 0. The molecule has 0 saturated carbocycles. The minimum atomic E-state index is 0.196. The zero-order chi connectivity index (χ0) is 20.2. The standard InChI is InChI=1S/C22H38N4O2/c1-5-23-22(24-13-19-9-7-8-10-20(19)17-27-6-2)25-14-21-16-26(11-12-28-21)15-18(3)4/h7-10,18,21H,5-6,11-17H2,1-4H3,(H2,23,24,25). The zero-order valence-electron chi connectivity index (χ0n) is 18.0. The van der Waals surface area contributed by atoms with E-state index in [1.807, 2.05) is 13.0 Å². The molecule has 1 unspecified atom stereocenters. The van der Waals surface area contributed by atoms with Gasteiger partial charge < -0.3 is 20.1 Å². The Morgan fingerprint density at radius 1 is 1.25 bits per heavy atom. The lowest BCUT2D eigenvalue weighted by molar-refractivity contribution is -0.0284. The molecule has 6 heteroatoms. The van der Waals surface area contributed by atoms with Crippen LogP contribution in [0.15, 0.2) is 29.3 Å². The van der Waals surface area contributed by atoms with Gasteiger partial charge in [0, 0.05) is 39.3 Å². The minimum Gasteiger partial charge on any atom is -0.377 e. The smallest absolute Gasteiger partial charge is 0.191 e. The second kappa shape index (κ2) is 12.8. The number of aliphatic imine (C=N–C) groups is 1. The molecule has 0 radical (unpaired) electrons. The van der Waals surface area contributed by atoms with Crippen molar-refractivity contribution in [2.75, 3.05) is 45.9 Å². The number of rotatable bonds is 10. The summed E-state index contributed by atoms with van der Waals surface area (Å²) in [4.78, 5) is 7.27. The van der Waals surface area contributed by atoms with Crippen LogP contribution in [0.5, 0.6) is 0 Å². The number of morpholine rings is 1. The zero-order valence-corrected chi connectivity index (χ0v) is 18.0. The third-order valence-electron chi connectivity index (χ3n) is 4.68. The number of hydrogen-bond acceptors (Lipinski definition) is 4. The van der Waals surface area contributed by atoms with Gasteiger partial charge in [0.1, 0.15) is 0 Å². The van der Waals surface area contributed by atoms with Crippen LogP contribution in [0.1, 0.15) is 38.8 Å². The van der Waals surface area contributed by atoms with Gasteiger partial charge in [-0.2, -0.15) is 0 Å². The van der Waals surface area contributed by atoms with Crippen LogP contribution < -0.4 is 10.6 Å². The van der Waals surface area contributed by atoms with Gasteiger partial charge in [0.15, 0.2) is 5.96 Å². The van der Waals surface area contributed by atoms with Gasteiger partial charge in [-0.1, -0.05) is 38.1 Å². The lowest BCUT2D eigenvalue weighted by Crippen LogP contribution is -2.50. The highest BCUT2D eigenvalue weighted by molar-refractivity contribution is 5.79. The average molecular weight is 391 g/mol. The second-order valence-electron chi connectivity index (χ2n) is 7.63. The summed E-state index contributed by atoms with van der Waals surface area (Å²) in [6, 6.07) is 8.34. The fourth-order valence-electron chi connectivity index (χ4n) is 3.37. The van der Waals surface area contributed by atoms with E-state index in [1.54, 1.807) is 0 Å². The van der Waals surface area contributed by atoms with Crippen molar-refractivity contribution in [2.45, 2.75) is 47.0 Å². The van der Waals surface area contributed by atoms with Crippen molar-refractivity contribution in [3.8, 4) is 0 Å². The van der Waals surface area contributed by atoms with Gasteiger partial charge in [-0.3, -0.25) is 4.90 Å². The minimum absolute atomic E-state index is 0.196. The highest BCUT2D eigenvalue weighted by atomic mass is 16.5. The third-order valence-corrected chi connectivity index (χ3v) is 4.68. The number of guanidine groups is 1. The van der Waals surface area contributed by atoms with Gasteiger partial charge in [0.25, 0.3) is 0 Å². The van der Waals surface area contributed by atoms with E-state index < -0.39 is 0 Å². The van der Waals surface area contributed by atoms with Gasteiger partial charge in [0.05, 0.1) is 25.9 Å². The molecule has 0 aliphatic carbocycles. The molecule has 0 aromatic heterocycles. The van der Waals surface area contributed by atoms with E-state index in [2.05, 4.69) is 54.5 Å². The molecule has 1 aromatic carbocycles. The van der Waals surface area contributed by atoms with Crippen LogP contribution in [0.25, 0.3) is 0 Å². The fourth-order valence-corrected chi connectivity index (χ4v) is 3.37. The summed E-state index contributed by atoms with van der Waals surface area (Å²) in [7, 11) is 0. The number of ether oxygens (including phenoxy) is 2. The molecule has 2 rings (SSSR count). The maximum absolute atomic E-state index is 5.94. The number of nitrogens with one attached hydrogen (secondary N) is 2. The van der Waals surface area contributed by atoms with Crippen molar-refractivity contribution < 1.29 is 9.47 Å². The Hall–Kier alpha value is -1.63. The second-order valence-corrected chi connectivity index (χ2v) is 7.63. The van der Waals surface area contributed by atoms with Crippen molar-refractivity contribution in [3.05, 3.63) is 35.4 Å². The summed E-state index contributed by atoms with van der Waals surface area (Å²) in [5, 5.41) is 6.79. The molecule has 158 valence electrons. The molecule has 1 aliphatic rings. The van der Waals surface area contributed by atoms with Gasteiger partial charge in [-0.05, 0) is 30.9 Å². The van der Waals surface area contributed by atoms with Crippen LogP contribution in [0.3, 0.4) is 0 Å². The van der Waals surface area contributed by atoms with Gasteiger partial charge >= 0.3 is 0 Å². The third kappa shape index (κ3) is 8.17. The van der Waals surface area contributed by atoms with E-state index in [0.29, 0.717) is 19.1 Å². The molecule has 0 amide bonds. The van der Waals surface area contributed by atoms with Crippen LogP contribution in [0.2, 0.25) is 0 Å². The first kappa shape index (κ1) is 22.7. The first-order valence-electron chi connectivity index (χ1n) is 10.6. The van der Waals surface area contributed by atoms with Crippen LogP contribution in [0.4, 0.5) is 0 Å². The highest BCUT2D eigenvalue weighted by Gasteiger charge is 2.21. The van der Waals surface area contributed by atoms with Crippen LogP contribution in [-0.4, -0.2) is 62.9 Å². The normalized spacial score (nSPS) is 18.5. The van der Waals surface area contributed by atoms with Crippen molar-refractivity contribution in [2.24, 2.45) is 10.9 Å². The Bertz CT molecular complexity index is 592. The average Bonchev–Trinajstić information content (AvgIpc) is 2.69. The first-order valence-corrected chi connectivity index (χ1v) is 10.6. The first-order chi connectivity index (χ1) is 13.6. The van der Waals surface area contributed by atoms with E-state index in [4.69, 9.17) is 14.5 Å². The molecular weight excluding hydrogens is 352 g/mol. The quantitative estimate of drug-likeness (QED) is 0.475. The molecule has 6 nitrogen and oxygen atoms in total. The SMILES string of the molecule is CCNC(=NCc1ccccc1COCC)NCC1CN(CC(C)C)CCO1. The molecule has 1 atom stereocenters. The van der Waals surface area contributed by atoms with Gasteiger partial charge in [-0.15, -0.1) is 0 Å². The topological polar surface area (TPSA) is 58.1 Å². The molecule has 1 aromatic rings. The van der Waals surface area contributed by atoms with E-state index in [-0.39, 0.29) is 6.10 Å². The maximum atomic E-state index is 5.94. The predicted octanol–water partition coefficient (Wildman–Crippen LogP) is 2.64. The van der Waals surface area contributed by atoms with Crippen molar-refractivity contribution in [1.82, 2.24) is 15.5 Å². The molecular formula is C22H38N4O2. The summed E-state index contributed by atoms with van der Waals surface area (Å²) in [6.07, 6.45) is 0.196. The number of benzene rings is 1. The van der Waals surface area contributed by atoms with Crippen molar-refractivity contribution in [1.29, 1.82) is 0 Å². The molecule has 1 heterocycles.